The Kier molecular flexibility index (Phi) is 11.4. The van der Waals surface area contributed by atoms with Gasteiger partial charge in [0.05, 0.1) is 0 Å². The molecule has 0 saturated heterocycles. The van der Waals surface area contributed by atoms with Gasteiger partial charge in [-0.05, 0) is 37.9 Å². The van der Waals surface area contributed by atoms with Gasteiger partial charge in [0.1, 0.15) is 0 Å². The molecule has 0 aromatic carbocycles. The topological polar surface area (TPSA) is 106 Å². The molecule has 0 spiro atoms. The van der Waals surface area contributed by atoms with Crippen LogP contribution in [0.4, 0.5) is 11.9 Å². The van der Waals surface area contributed by atoms with Crippen LogP contribution < -0.4 is 10.6 Å². The lowest BCUT2D eigenvalue weighted by atomic mass is 10.2. The first kappa shape index (κ1) is 19.8. The fourth-order valence-electron chi connectivity index (χ4n) is 2.15. The Labute approximate surface area is 143 Å². The van der Waals surface area contributed by atoms with E-state index in [0.717, 1.165) is 64.5 Å². The number of aromatic nitrogens is 3. The lowest BCUT2D eigenvalue weighted by Gasteiger charge is -2.09. The van der Waals surface area contributed by atoms with Crippen LogP contribution in [0.15, 0.2) is 0 Å². The van der Waals surface area contributed by atoms with Crippen LogP contribution in [0.3, 0.4) is 0 Å². The molecule has 7 nitrogen and oxygen atoms in total. The van der Waals surface area contributed by atoms with Crippen LogP contribution in [0.2, 0.25) is 0 Å². The van der Waals surface area contributed by atoms with Crippen LogP contribution in [0.5, 0.6) is 0 Å². The van der Waals surface area contributed by atoms with E-state index in [2.05, 4.69) is 25.6 Å². The van der Waals surface area contributed by atoms with Crippen molar-refractivity contribution in [3.63, 3.8) is 0 Å². The predicted molar refractivity (Wildman–Crippen MR) is 95.3 cm³/mol. The summed E-state index contributed by atoms with van der Waals surface area (Å²) < 4.78 is 0.314. The van der Waals surface area contributed by atoms with Gasteiger partial charge in [0.25, 0.3) is 0 Å². The smallest absolute Gasteiger partial charge is 0.225 e. The molecule has 1 heterocycles. The molecular weight excluding hydrogens is 314 g/mol. The molecule has 0 unspecified atom stereocenters. The van der Waals surface area contributed by atoms with Crippen LogP contribution in [-0.4, -0.2) is 51.5 Å². The highest BCUT2D eigenvalue weighted by Crippen LogP contribution is 2.06. The van der Waals surface area contributed by atoms with E-state index < -0.39 is 0 Å². The third-order valence-electron chi connectivity index (χ3n) is 3.41. The van der Waals surface area contributed by atoms with E-state index in [-0.39, 0.29) is 13.2 Å². The Hall–Kier alpha value is -1.25. The van der Waals surface area contributed by atoms with Crippen molar-refractivity contribution < 1.29 is 10.2 Å². The van der Waals surface area contributed by atoms with Gasteiger partial charge in [-0.2, -0.15) is 9.97 Å². The lowest BCUT2D eigenvalue weighted by Crippen LogP contribution is -2.11. The molecule has 132 valence electrons. The van der Waals surface area contributed by atoms with E-state index in [1.165, 1.54) is 0 Å². The molecule has 23 heavy (non-hydrogen) atoms. The molecule has 0 aliphatic rings. The summed E-state index contributed by atoms with van der Waals surface area (Å²) in [7, 11) is 0. The van der Waals surface area contributed by atoms with E-state index in [1.54, 1.807) is 0 Å². The molecule has 8 heteroatoms. The minimum absolute atomic E-state index is 0.265. The number of hydrogen-bond donors (Lipinski definition) is 5. The Morgan fingerprint density at radius 3 is 1.61 bits per heavy atom. The molecule has 0 fully saturated rings. The number of nitrogens with one attached hydrogen (secondary N) is 3. The molecule has 0 atom stereocenters. The highest BCUT2D eigenvalue weighted by molar-refractivity contribution is 7.71. The minimum atomic E-state index is 0.265. The molecule has 1 aromatic heterocycles. The van der Waals surface area contributed by atoms with Crippen LogP contribution in [0.25, 0.3) is 0 Å². The van der Waals surface area contributed by atoms with Gasteiger partial charge in [0.2, 0.25) is 16.7 Å². The largest absolute Gasteiger partial charge is 0.396 e. The van der Waals surface area contributed by atoms with E-state index >= 15 is 0 Å². The molecule has 5 N–H and O–H groups in total. The van der Waals surface area contributed by atoms with E-state index in [1.807, 2.05) is 0 Å². The summed E-state index contributed by atoms with van der Waals surface area (Å²) >= 11 is 5.08. The number of rotatable bonds is 14. The van der Waals surface area contributed by atoms with Gasteiger partial charge in [-0.1, -0.05) is 25.7 Å². The van der Waals surface area contributed by atoms with Crippen molar-refractivity contribution in [1.82, 2.24) is 15.0 Å². The fourth-order valence-corrected chi connectivity index (χ4v) is 2.33. The second-order valence-electron chi connectivity index (χ2n) is 5.46. The molecule has 0 amide bonds. The molecule has 0 bridgehead atoms. The molecular formula is C15H29N5O2S. The van der Waals surface area contributed by atoms with Crippen molar-refractivity contribution in [3.8, 4) is 0 Å². The number of hydrogen-bond acceptors (Lipinski definition) is 7. The van der Waals surface area contributed by atoms with Crippen molar-refractivity contribution in [2.24, 2.45) is 0 Å². The quantitative estimate of drug-likeness (QED) is 0.261. The molecule has 0 radical (unpaired) electrons. The van der Waals surface area contributed by atoms with Crippen molar-refractivity contribution >= 4 is 24.1 Å². The molecule has 0 aliphatic heterocycles. The standard InChI is InChI=1S/C15H29N5O2S/c21-11-7-3-1-5-9-16-13-18-14(20-15(23)19-13)17-10-6-2-4-8-12-22/h21-22H,1-12H2,(H3,16,17,18,19,20,23). The monoisotopic (exact) mass is 343 g/mol. The number of unbranched alkanes of at least 4 members (excludes halogenated alkanes) is 6. The molecule has 0 saturated carbocycles. The van der Waals surface area contributed by atoms with Crippen molar-refractivity contribution in [3.05, 3.63) is 4.77 Å². The first-order chi connectivity index (χ1) is 11.3. The van der Waals surface area contributed by atoms with Gasteiger partial charge in [0, 0.05) is 26.3 Å². The van der Waals surface area contributed by atoms with Crippen LogP contribution in [-0.2, 0) is 0 Å². The summed E-state index contributed by atoms with van der Waals surface area (Å²) in [5, 5.41) is 23.9. The number of anilines is 2. The zero-order valence-electron chi connectivity index (χ0n) is 13.7. The second-order valence-corrected chi connectivity index (χ2v) is 5.82. The van der Waals surface area contributed by atoms with Gasteiger partial charge in [-0.3, -0.25) is 4.98 Å². The fraction of sp³-hybridized carbons (Fsp3) is 0.800. The second kappa shape index (κ2) is 13.2. The highest BCUT2D eigenvalue weighted by Gasteiger charge is 2.00. The van der Waals surface area contributed by atoms with Gasteiger partial charge in [0.15, 0.2) is 0 Å². The molecule has 1 rings (SSSR count). The van der Waals surface area contributed by atoms with Gasteiger partial charge < -0.3 is 20.8 Å². The normalized spacial score (nSPS) is 10.7. The van der Waals surface area contributed by atoms with Crippen molar-refractivity contribution in [2.75, 3.05) is 36.9 Å². The maximum atomic E-state index is 8.73. The average Bonchev–Trinajstić information content (AvgIpc) is 2.53. The van der Waals surface area contributed by atoms with Gasteiger partial charge in [-0.25, -0.2) is 0 Å². The Balaban J connectivity index is 2.27. The molecule has 1 aromatic rings. The number of H-pyrrole nitrogens is 1. The maximum absolute atomic E-state index is 8.73. The number of aliphatic hydroxyl groups is 2. The number of aliphatic hydroxyl groups excluding tert-OH is 2. The first-order valence-corrected chi connectivity index (χ1v) is 8.85. The van der Waals surface area contributed by atoms with Crippen molar-refractivity contribution in [2.45, 2.75) is 51.4 Å². The zero-order valence-corrected chi connectivity index (χ0v) is 14.5. The van der Waals surface area contributed by atoms with Gasteiger partial charge in [-0.15, -0.1) is 0 Å². The Morgan fingerprint density at radius 1 is 0.739 bits per heavy atom. The average molecular weight is 343 g/mol. The minimum Gasteiger partial charge on any atom is -0.396 e. The van der Waals surface area contributed by atoms with E-state index in [4.69, 9.17) is 22.4 Å². The van der Waals surface area contributed by atoms with Crippen molar-refractivity contribution in [1.29, 1.82) is 0 Å². The lowest BCUT2D eigenvalue weighted by molar-refractivity contribution is 0.282. The number of nitrogens with zero attached hydrogens (tertiary/aromatic N) is 2. The predicted octanol–water partition coefficient (Wildman–Crippen LogP) is 2.46. The van der Waals surface area contributed by atoms with E-state index in [0.29, 0.717) is 16.7 Å². The summed E-state index contributed by atoms with van der Waals surface area (Å²) in [6, 6.07) is 0. The summed E-state index contributed by atoms with van der Waals surface area (Å²) in [5.41, 5.74) is 0. The third kappa shape index (κ3) is 10.2. The summed E-state index contributed by atoms with van der Waals surface area (Å²) in [6.07, 6.45) is 8.03. The van der Waals surface area contributed by atoms with Gasteiger partial charge >= 0.3 is 0 Å². The van der Waals surface area contributed by atoms with Crippen LogP contribution in [0.1, 0.15) is 51.4 Å². The summed E-state index contributed by atoms with van der Waals surface area (Å²) in [5.74, 6) is 1.27. The van der Waals surface area contributed by atoms with Crippen LogP contribution in [0, 0.1) is 4.77 Å². The highest BCUT2D eigenvalue weighted by atomic mass is 32.1. The SMILES string of the molecule is OCCCCCCNc1nc(=S)nc(NCCCCCCO)[nH]1. The summed E-state index contributed by atoms with van der Waals surface area (Å²) in [4.78, 5) is 11.4. The molecule has 0 aliphatic carbocycles. The number of aromatic amines is 1. The zero-order chi connectivity index (χ0) is 16.8. The van der Waals surface area contributed by atoms with E-state index in [9.17, 15) is 0 Å². The first-order valence-electron chi connectivity index (χ1n) is 8.44. The van der Waals surface area contributed by atoms with Crippen LogP contribution >= 0.6 is 12.2 Å². The maximum Gasteiger partial charge on any atom is 0.225 e. The Bertz CT molecular complexity index is 432. The Morgan fingerprint density at radius 2 is 1.17 bits per heavy atom. The third-order valence-corrected chi connectivity index (χ3v) is 3.59. The summed E-state index contributed by atoms with van der Waals surface area (Å²) in [6.45, 7) is 2.16.